The fourth-order valence-electron chi connectivity index (χ4n) is 4.73. The van der Waals surface area contributed by atoms with Gasteiger partial charge in [0.25, 0.3) is 0 Å². The van der Waals surface area contributed by atoms with Crippen molar-refractivity contribution in [1.29, 1.82) is 0 Å². The van der Waals surface area contributed by atoms with E-state index in [9.17, 15) is 4.79 Å². The van der Waals surface area contributed by atoms with E-state index in [1.165, 1.54) is 13.4 Å². The lowest BCUT2D eigenvalue weighted by Crippen LogP contribution is -2.35. The molecule has 166 valence electrons. The largest absolute Gasteiger partial charge is 0.489 e. The number of methoxy groups -OCH3 is 1. The predicted molar refractivity (Wildman–Crippen MR) is 125 cm³/mol. The van der Waals surface area contributed by atoms with Crippen LogP contribution in [0.3, 0.4) is 0 Å². The highest BCUT2D eigenvalue weighted by Crippen LogP contribution is 2.50. The van der Waals surface area contributed by atoms with Crippen molar-refractivity contribution in [2.24, 2.45) is 0 Å². The molecule has 0 bridgehead atoms. The van der Waals surface area contributed by atoms with Gasteiger partial charge >= 0.3 is 5.97 Å². The Kier molecular flexibility index (Phi) is 4.62. The Hall–Kier alpha value is -3.78. The maximum atomic E-state index is 12.2. The normalized spacial score (nSPS) is 16.3. The molecule has 0 radical (unpaired) electrons. The molecule has 0 fully saturated rings. The van der Waals surface area contributed by atoms with Crippen LogP contribution in [0, 0.1) is 0 Å². The van der Waals surface area contributed by atoms with Crippen LogP contribution in [0.15, 0.2) is 55.1 Å². The molecule has 2 aliphatic heterocycles. The number of ether oxygens (including phenoxy) is 2. The van der Waals surface area contributed by atoms with Crippen LogP contribution in [-0.2, 0) is 11.3 Å². The lowest BCUT2D eigenvalue weighted by Gasteiger charge is -2.32. The maximum absolute atomic E-state index is 12.2. The van der Waals surface area contributed by atoms with Crippen molar-refractivity contribution in [3.05, 3.63) is 77.0 Å². The first-order valence-electron chi connectivity index (χ1n) is 10.6. The number of esters is 1. The summed E-state index contributed by atoms with van der Waals surface area (Å²) in [6.07, 6.45) is 4.98. The van der Waals surface area contributed by atoms with Crippen molar-refractivity contribution in [3.8, 4) is 5.75 Å². The fourth-order valence-corrected chi connectivity index (χ4v) is 5.02. The molecule has 2 aromatic carbocycles. The average molecular weight is 462 g/mol. The monoisotopic (exact) mass is 461 g/mol. The number of hydrogen-bond acceptors (Lipinski definition) is 7. The number of carbonyl (C=O) groups is 1. The number of rotatable bonds is 4. The highest BCUT2D eigenvalue weighted by Gasteiger charge is 2.38. The minimum atomic E-state index is -0.398. The van der Waals surface area contributed by atoms with Gasteiger partial charge in [0.15, 0.2) is 0 Å². The molecule has 6 rings (SSSR count). The van der Waals surface area contributed by atoms with Gasteiger partial charge in [0.2, 0.25) is 0 Å². The predicted octanol–water partition coefficient (Wildman–Crippen LogP) is 4.24. The van der Waals surface area contributed by atoms with Crippen LogP contribution in [0.25, 0.3) is 10.9 Å². The first-order chi connectivity index (χ1) is 16.1. The van der Waals surface area contributed by atoms with Gasteiger partial charge < -0.3 is 24.3 Å². The van der Waals surface area contributed by atoms with Gasteiger partial charge in [-0.3, -0.25) is 0 Å². The molecule has 1 atom stereocenters. The molecule has 0 spiro atoms. The highest BCUT2D eigenvalue weighted by molar-refractivity contribution is 6.35. The van der Waals surface area contributed by atoms with Crippen LogP contribution in [0.5, 0.6) is 5.75 Å². The Balaban J connectivity index is 1.50. The van der Waals surface area contributed by atoms with Crippen molar-refractivity contribution in [2.75, 3.05) is 30.5 Å². The molecule has 2 aromatic heterocycles. The minimum Gasteiger partial charge on any atom is -0.489 e. The molecule has 33 heavy (non-hydrogen) atoms. The van der Waals surface area contributed by atoms with Crippen LogP contribution < -0.4 is 15.0 Å². The zero-order chi connectivity index (χ0) is 22.5. The van der Waals surface area contributed by atoms with Gasteiger partial charge in [0.1, 0.15) is 30.5 Å². The van der Waals surface area contributed by atoms with Crippen molar-refractivity contribution in [3.63, 3.8) is 0 Å². The summed E-state index contributed by atoms with van der Waals surface area (Å²) in [5, 5.41) is 5.34. The number of anilines is 2. The summed E-state index contributed by atoms with van der Waals surface area (Å²) in [6, 6.07) is 11.6. The first-order valence-corrected chi connectivity index (χ1v) is 11.0. The average Bonchev–Trinajstić information content (AvgIpc) is 3.39. The van der Waals surface area contributed by atoms with Crippen molar-refractivity contribution >= 4 is 39.8 Å². The Labute approximate surface area is 194 Å². The number of aromatic nitrogens is 3. The molecule has 0 aliphatic carbocycles. The molecule has 4 aromatic rings. The van der Waals surface area contributed by atoms with E-state index < -0.39 is 5.97 Å². The smallest absolute Gasteiger partial charge is 0.338 e. The van der Waals surface area contributed by atoms with Crippen molar-refractivity contribution < 1.29 is 14.3 Å². The van der Waals surface area contributed by atoms with E-state index in [2.05, 4.69) is 36.9 Å². The first kappa shape index (κ1) is 19.9. The maximum Gasteiger partial charge on any atom is 0.338 e. The molecular formula is C24H20ClN5O3. The zero-order valence-corrected chi connectivity index (χ0v) is 18.5. The van der Waals surface area contributed by atoms with E-state index in [0.717, 1.165) is 33.5 Å². The second kappa shape index (κ2) is 7.67. The third kappa shape index (κ3) is 3.17. The lowest BCUT2D eigenvalue weighted by atomic mass is 10.1. The van der Waals surface area contributed by atoms with E-state index in [1.807, 2.05) is 30.6 Å². The number of fused-ring (bicyclic) bond motifs is 1. The third-order valence-electron chi connectivity index (χ3n) is 6.11. The van der Waals surface area contributed by atoms with Crippen LogP contribution in [0.4, 0.5) is 11.4 Å². The number of para-hydroxylation sites is 1. The van der Waals surface area contributed by atoms with E-state index >= 15 is 0 Å². The van der Waals surface area contributed by atoms with Crippen LogP contribution in [0.1, 0.15) is 27.8 Å². The fraction of sp³-hybridized carbons (Fsp3) is 0.208. The van der Waals surface area contributed by atoms with E-state index in [4.69, 9.17) is 21.1 Å². The summed E-state index contributed by atoms with van der Waals surface area (Å²) in [5.74, 6) is 0.274. The minimum absolute atomic E-state index is 0.163. The summed E-state index contributed by atoms with van der Waals surface area (Å²) in [6.45, 7) is 1.80. The van der Waals surface area contributed by atoms with Crippen molar-refractivity contribution in [1.82, 2.24) is 14.5 Å². The van der Waals surface area contributed by atoms with E-state index in [1.54, 1.807) is 6.07 Å². The molecule has 2 aliphatic rings. The summed E-state index contributed by atoms with van der Waals surface area (Å²) >= 11 is 6.66. The Morgan fingerprint density at radius 1 is 1.27 bits per heavy atom. The Morgan fingerprint density at radius 2 is 2.12 bits per heavy atom. The second-order valence-corrected chi connectivity index (χ2v) is 8.44. The van der Waals surface area contributed by atoms with Gasteiger partial charge in [-0.05, 0) is 24.3 Å². The van der Waals surface area contributed by atoms with Crippen LogP contribution >= 0.6 is 11.6 Å². The third-order valence-corrected chi connectivity index (χ3v) is 6.42. The standard InChI is InChI=1S/C24H20ClN5O3/c1-32-24(31)16-7-18-22-20(9-16)33-6-5-29(22)23(28-18)19-8-15-3-2-4-17(25)21(15)30(19)12-14-10-26-13-27-11-14/h2-4,7-11,13,23,28H,5-6,12H2,1H3. The zero-order valence-electron chi connectivity index (χ0n) is 17.8. The van der Waals surface area contributed by atoms with E-state index in [-0.39, 0.29) is 6.17 Å². The summed E-state index contributed by atoms with van der Waals surface area (Å²) in [5.41, 5.74) is 5.21. The number of hydrogen-bond donors (Lipinski definition) is 1. The quantitative estimate of drug-likeness (QED) is 0.455. The number of carbonyl (C=O) groups excluding carboxylic acids is 1. The number of nitrogens with one attached hydrogen (secondary N) is 1. The van der Waals surface area contributed by atoms with Gasteiger partial charge in [-0.15, -0.1) is 0 Å². The van der Waals surface area contributed by atoms with Gasteiger partial charge in [-0.25, -0.2) is 14.8 Å². The second-order valence-electron chi connectivity index (χ2n) is 8.03. The Bertz CT molecular complexity index is 1390. The summed E-state index contributed by atoms with van der Waals surface area (Å²) in [4.78, 5) is 22.8. The SMILES string of the molecule is COC(=O)c1cc2c3c(c1)OCCN3C(c1cc3cccc(Cl)c3n1Cc1cncnc1)N2. The van der Waals surface area contributed by atoms with Gasteiger partial charge in [-0.1, -0.05) is 23.7 Å². The molecule has 1 unspecified atom stereocenters. The number of halogens is 1. The number of benzene rings is 2. The topological polar surface area (TPSA) is 81.5 Å². The molecule has 1 N–H and O–H groups in total. The number of nitrogens with zero attached hydrogens (tertiary/aromatic N) is 4. The molecule has 9 heteroatoms. The summed E-state index contributed by atoms with van der Waals surface area (Å²) in [7, 11) is 1.37. The molecule has 0 amide bonds. The van der Waals surface area contributed by atoms with E-state index in [0.29, 0.717) is 36.0 Å². The molecular weight excluding hydrogens is 442 g/mol. The lowest BCUT2D eigenvalue weighted by molar-refractivity contribution is 0.0600. The Morgan fingerprint density at radius 3 is 2.94 bits per heavy atom. The van der Waals surface area contributed by atoms with Gasteiger partial charge in [0, 0.05) is 23.3 Å². The van der Waals surface area contributed by atoms with Crippen LogP contribution in [0.2, 0.25) is 5.02 Å². The summed E-state index contributed by atoms with van der Waals surface area (Å²) < 4.78 is 13.0. The molecule has 4 heterocycles. The van der Waals surface area contributed by atoms with Crippen molar-refractivity contribution in [2.45, 2.75) is 12.7 Å². The molecule has 0 saturated carbocycles. The highest BCUT2D eigenvalue weighted by atomic mass is 35.5. The molecule has 8 nitrogen and oxygen atoms in total. The molecule has 0 saturated heterocycles. The van der Waals surface area contributed by atoms with Crippen LogP contribution in [-0.4, -0.2) is 40.8 Å². The van der Waals surface area contributed by atoms with Gasteiger partial charge in [0.05, 0.1) is 47.7 Å². The van der Waals surface area contributed by atoms with Gasteiger partial charge in [-0.2, -0.15) is 0 Å².